The average Bonchev–Trinajstić information content (AvgIpc) is 3.21. The van der Waals surface area contributed by atoms with Gasteiger partial charge in [-0.15, -0.1) is 0 Å². The number of benzene rings is 1. The predicted molar refractivity (Wildman–Crippen MR) is 112 cm³/mol. The third kappa shape index (κ3) is 2.64. The highest BCUT2D eigenvalue weighted by molar-refractivity contribution is 6.08. The molecule has 0 amide bonds. The molecule has 1 unspecified atom stereocenters. The second kappa shape index (κ2) is 6.44. The van der Waals surface area contributed by atoms with Gasteiger partial charge in [0.2, 0.25) is 5.71 Å². The first-order valence-electron chi connectivity index (χ1n) is 12.6. The molecule has 1 atom stereocenters. The second-order valence-corrected chi connectivity index (χ2v) is 8.10. The second-order valence-electron chi connectivity index (χ2n) is 8.10. The van der Waals surface area contributed by atoms with Gasteiger partial charge in [0.15, 0.2) is 0 Å². The molecule has 3 saturated carbocycles. The smallest absolute Gasteiger partial charge is 0.227 e. The summed E-state index contributed by atoms with van der Waals surface area (Å²) in [6.45, 7) is 0. The van der Waals surface area contributed by atoms with Crippen LogP contribution >= 0.6 is 0 Å². The lowest BCUT2D eigenvalue weighted by molar-refractivity contribution is 0.0991. The molecular weight excluding hydrogens is 344 g/mol. The van der Waals surface area contributed by atoms with E-state index in [1.54, 1.807) is 12.3 Å². The SMILES string of the molecule is [2H]c1nc(-c2cccc3c2oc2ncccc23)c([2H])c(C([2H])([2H])C2CC3CCC2CC3)c1[2H]. The van der Waals surface area contributed by atoms with Crippen LogP contribution in [0.1, 0.15) is 44.5 Å². The van der Waals surface area contributed by atoms with Crippen molar-refractivity contribution >= 4 is 22.1 Å². The zero-order valence-electron chi connectivity index (χ0n) is 20.5. The number of hydrogen-bond donors (Lipinski definition) is 0. The van der Waals surface area contributed by atoms with Crippen molar-refractivity contribution in [3.8, 4) is 11.3 Å². The number of fused-ring (bicyclic) bond motifs is 6. The minimum absolute atomic E-state index is 0.0127. The Labute approximate surface area is 171 Å². The van der Waals surface area contributed by atoms with Crippen molar-refractivity contribution in [3.63, 3.8) is 0 Å². The summed E-state index contributed by atoms with van der Waals surface area (Å²) in [4.78, 5) is 8.56. The number of rotatable bonds is 3. The number of para-hydroxylation sites is 1. The molecule has 1 aromatic carbocycles. The molecule has 3 heteroatoms. The quantitative estimate of drug-likeness (QED) is 0.416. The minimum Gasteiger partial charge on any atom is -0.437 e. The van der Waals surface area contributed by atoms with Gasteiger partial charge < -0.3 is 4.42 Å². The molecule has 0 spiro atoms. The van der Waals surface area contributed by atoms with Crippen LogP contribution in [0.25, 0.3) is 33.3 Å². The number of hydrogen-bond acceptors (Lipinski definition) is 3. The Morgan fingerprint density at radius 3 is 2.82 bits per heavy atom. The summed E-state index contributed by atoms with van der Waals surface area (Å²) in [5.41, 5.74) is 1.67. The van der Waals surface area contributed by atoms with Gasteiger partial charge in [-0.3, -0.25) is 4.98 Å². The van der Waals surface area contributed by atoms with Crippen LogP contribution in [-0.4, -0.2) is 9.97 Å². The van der Waals surface area contributed by atoms with E-state index in [9.17, 15) is 0 Å². The largest absolute Gasteiger partial charge is 0.437 e. The summed E-state index contributed by atoms with van der Waals surface area (Å²) in [6, 6.07) is 8.87. The van der Waals surface area contributed by atoms with Crippen LogP contribution in [-0.2, 0) is 6.37 Å². The van der Waals surface area contributed by atoms with Gasteiger partial charge in [-0.2, -0.15) is 0 Å². The fourth-order valence-electron chi connectivity index (χ4n) is 5.08. The molecule has 3 aliphatic carbocycles. The standard InChI is InChI=1S/C25H24N2O/c1-3-20-21-5-2-11-27-25(21)28-24(20)22(4-1)23-15-17(10-12-26-23)14-19-13-16-6-8-18(19)9-7-16/h1-5,10-12,15-16,18-19H,6-9,13-14H2/i10D,12D,14D2,15D. The molecule has 0 aliphatic heterocycles. The van der Waals surface area contributed by atoms with Crippen LogP contribution in [0.2, 0.25) is 0 Å². The highest BCUT2D eigenvalue weighted by atomic mass is 16.3. The van der Waals surface area contributed by atoms with Gasteiger partial charge in [0, 0.05) is 31.4 Å². The van der Waals surface area contributed by atoms with Crippen molar-refractivity contribution in [2.24, 2.45) is 17.8 Å². The predicted octanol–water partition coefficient (Wildman–Crippen LogP) is 6.41. The number of aromatic nitrogens is 2. The topological polar surface area (TPSA) is 38.9 Å². The van der Waals surface area contributed by atoms with Crippen LogP contribution in [0.15, 0.2) is 59.2 Å². The van der Waals surface area contributed by atoms with Gasteiger partial charge in [-0.25, -0.2) is 4.98 Å². The zero-order valence-corrected chi connectivity index (χ0v) is 15.5. The number of pyridine rings is 2. The van der Waals surface area contributed by atoms with Gasteiger partial charge in [0.25, 0.3) is 0 Å². The van der Waals surface area contributed by atoms with E-state index in [2.05, 4.69) is 9.97 Å². The summed E-state index contributed by atoms with van der Waals surface area (Å²) >= 11 is 0. The molecule has 3 aliphatic rings. The van der Waals surface area contributed by atoms with E-state index >= 15 is 0 Å². The summed E-state index contributed by atoms with van der Waals surface area (Å²) in [5.74, 6) is 0.547. The molecule has 28 heavy (non-hydrogen) atoms. The molecule has 3 aromatic heterocycles. The van der Waals surface area contributed by atoms with E-state index in [-0.39, 0.29) is 41.4 Å². The summed E-state index contributed by atoms with van der Waals surface area (Å²) in [7, 11) is 0. The van der Waals surface area contributed by atoms with Crippen LogP contribution in [0.3, 0.4) is 0 Å². The van der Waals surface area contributed by atoms with Gasteiger partial charge >= 0.3 is 0 Å². The Morgan fingerprint density at radius 2 is 1.96 bits per heavy atom. The van der Waals surface area contributed by atoms with Crippen molar-refractivity contribution in [1.29, 1.82) is 0 Å². The fraction of sp³-hybridized carbons (Fsp3) is 0.360. The third-order valence-electron chi connectivity index (χ3n) is 6.50. The lowest BCUT2D eigenvalue weighted by atomic mass is 9.63. The van der Waals surface area contributed by atoms with E-state index in [0.717, 1.165) is 42.9 Å². The molecule has 3 heterocycles. The van der Waals surface area contributed by atoms with Crippen LogP contribution in [0.4, 0.5) is 0 Å². The average molecular weight is 374 g/mol. The molecule has 3 nitrogen and oxygen atoms in total. The van der Waals surface area contributed by atoms with Gasteiger partial charge in [-0.05, 0) is 79.2 Å². The first-order valence-corrected chi connectivity index (χ1v) is 10.1. The molecule has 140 valence electrons. The van der Waals surface area contributed by atoms with Crippen LogP contribution in [0, 0.1) is 17.8 Å². The molecule has 0 N–H and O–H groups in total. The first-order chi connectivity index (χ1) is 15.9. The highest BCUT2D eigenvalue weighted by Crippen LogP contribution is 2.46. The Kier molecular flexibility index (Phi) is 2.76. The van der Waals surface area contributed by atoms with E-state index in [1.807, 2.05) is 24.3 Å². The summed E-state index contributed by atoms with van der Waals surface area (Å²) in [5, 5.41) is 1.67. The molecule has 0 radical (unpaired) electrons. The Bertz CT molecular complexity index is 1390. The molecule has 4 aromatic rings. The van der Waals surface area contributed by atoms with Crippen molar-refractivity contribution in [1.82, 2.24) is 9.97 Å². The summed E-state index contributed by atoms with van der Waals surface area (Å²) in [6.07, 6.45) is 4.56. The maximum atomic E-state index is 9.09. The van der Waals surface area contributed by atoms with Crippen LogP contribution in [0.5, 0.6) is 0 Å². The lowest BCUT2D eigenvalue weighted by Gasteiger charge is -2.42. The normalized spacial score (nSPS) is 27.3. The first kappa shape index (κ1) is 12.0. The zero-order chi connectivity index (χ0) is 22.9. The van der Waals surface area contributed by atoms with Crippen LogP contribution < -0.4 is 0 Å². The Morgan fingerprint density at radius 1 is 1.07 bits per heavy atom. The van der Waals surface area contributed by atoms with Gasteiger partial charge in [0.05, 0.1) is 9.81 Å². The maximum Gasteiger partial charge on any atom is 0.227 e. The molecular formula is C25H24N2O. The molecule has 7 rings (SSSR count). The Hall–Kier alpha value is -2.68. The molecule has 3 fully saturated rings. The maximum absolute atomic E-state index is 9.09. The van der Waals surface area contributed by atoms with Gasteiger partial charge in [0.1, 0.15) is 5.58 Å². The van der Waals surface area contributed by atoms with E-state index < -0.39 is 6.37 Å². The van der Waals surface area contributed by atoms with Crippen molar-refractivity contribution < 1.29 is 11.3 Å². The number of furan rings is 1. The Balaban J connectivity index is 1.56. The van der Waals surface area contributed by atoms with Crippen molar-refractivity contribution in [3.05, 3.63) is 60.3 Å². The van der Waals surface area contributed by atoms with E-state index in [1.165, 1.54) is 0 Å². The van der Waals surface area contributed by atoms with E-state index in [4.69, 9.17) is 11.3 Å². The van der Waals surface area contributed by atoms with Crippen molar-refractivity contribution in [2.75, 3.05) is 0 Å². The lowest BCUT2D eigenvalue weighted by Crippen LogP contribution is -2.32. The summed E-state index contributed by atoms with van der Waals surface area (Å²) < 4.78 is 50.0. The fourth-order valence-corrected chi connectivity index (χ4v) is 5.08. The number of nitrogens with zero attached hydrogens (tertiary/aromatic N) is 2. The van der Waals surface area contributed by atoms with Gasteiger partial charge in [-0.1, -0.05) is 25.0 Å². The van der Waals surface area contributed by atoms with E-state index in [0.29, 0.717) is 22.8 Å². The van der Waals surface area contributed by atoms with Crippen molar-refractivity contribution in [2.45, 2.75) is 38.5 Å². The monoisotopic (exact) mass is 373 g/mol. The molecule has 2 bridgehead atoms. The highest BCUT2D eigenvalue weighted by Gasteiger charge is 2.35. The minimum atomic E-state index is -1.87. The third-order valence-corrected chi connectivity index (χ3v) is 6.50. The molecule has 0 saturated heterocycles.